The fraction of sp³-hybridized carbons (Fsp3) is 0.350. The van der Waals surface area contributed by atoms with Gasteiger partial charge in [-0.3, -0.25) is 9.59 Å². The van der Waals surface area contributed by atoms with Gasteiger partial charge in [-0.05, 0) is 59.4 Å². The Balaban J connectivity index is 0.000000214. The van der Waals surface area contributed by atoms with Gasteiger partial charge in [0, 0.05) is 25.0 Å². The van der Waals surface area contributed by atoms with Crippen molar-refractivity contribution >= 4 is 11.8 Å². The van der Waals surface area contributed by atoms with Crippen molar-refractivity contribution in [2.45, 2.75) is 62.0 Å². The Kier molecular flexibility index (Phi) is 13.8. The number of halogens is 10. The van der Waals surface area contributed by atoms with E-state index in [-0.39, 0.29) is 26.7 Å². The minimum Gasteiger partial charge on any atom is -0.359 e. The minimum atomic E-state index is -4.83. The number of ether oxygens (including phenoxy) is 2. The zero-order valence-corrected chi connectivity index (χ0v) is 29.5. The molecule has 56 heavy (non-hydrogen) atoms. The highest BCUT2D eigenvalue weighted by molar-refractivity contribution is 5.78. The summed E-state index contributed by atoms with van der Waals surface area (Å²) >= 11 is 0. The van der Waals surface area contributed by atoms with Gasteiger partial charge in [0.15, 0.2) is 0 Å². The summed E-state index contributed by atoms with van der Waals surface area (Å²) in [6.45, 7) is 0.203. The van der Waals surface area contributed by atoms with Crippen LogP contribution >= 0.6 is 0 Å². The van der Waals surface area contributed by atoms with Crippen LogP contribution in [0.25, 0.3) is 0 Å². The molecule has 0 radical (unpaired) electrons. The van der Waals surface area contributed by atoms with Crippen LogP contribution in [-0.4, -0.2) is 72.7 Å². The van der Waals surface area contributed by atoms with Crippen LogP contribution < -0.4 is 0 Å². The predicted molar refractivity (Wildman–Crippen MR) is 183 cm³/mol. The third-order valence-electron chi connectivity index (χ3n) is 9.35. The molecule has 4 atom stereocenters. The Bertz CT molecular complexity index is 1750. The van der Waals surface area contributed by atoms with Crippen LogP contribution in [-0.2, 0) is 31.9 Å². The first-order valence-corrected chi connectivity index (χ1v) is 17.4. The third kappa shape index (κ3) is 11.5. The van der Waals surface area contributed by atoms with E-state index in [2.05, 4.69) is 0 Å². The Labute approximate surface area is 315 Å². The minimum absolute atomic E-state index is 0.113. The van der Waals surface area contributed by atoms with Crippen molar-refractivity contribution in [2.75, 3.05) is 26.7 Å². The Hall–Kier alpha value is -4.96. The van der Waals surface area contributed by atoms with Crippen LogP contribution in [0.4, 0.5) is 43.9 Å². The van der Waals surface area contributed by atoms with Crippen molar-refractivity contribution < 1.29 is 63.0 Å². The molecule has 0 aliphatic carbocycles. The van der Waals surface area contributed by atoms with Crippen LogP contribution in [0.2, 0.25) is 0 Å². The Morgan fingerprint density at radius 1 is 0.554 bits per heavy atom. The number of rotatable bonds is 10. The van der Waals surface area contributed by atoms with E-state index in [1.807, 2.05) is 60.7 Å². The molecular formula is C40H36F10N2O4. The largest absolute Gasteiger partial charge is 0.396 e. The lowest BCUT2D eigenvalue weighted by Gasteiger charge is -2.26. The van der Waals surface area contributed by atoms with Crippen molar-refractivity contribution in [1.29, 1.82) is 0 Å². The van der Waals surface area contributed by atoms with Crippen LogP contribution in [0, 0.1) is 23.3 Å². The average molecular weight is 799 g/mol. The van der Waals surface area contributed by atoms with E-state index in [1.54, 1.807) is 0 Å². The van der Waals surface area contributed by atoms with Crippen LogP contribution in [0.3, 0.4) is 0 Å². The summed E-state index contributed by atoms with van der Waals surface area (Å²) in [6.07, 6.45) is -10.7. The molecule has 0 saturated carbocycles. The molecule has 0 bridgehead atoms. The van der Waals surface area contributed by atoms with E-state index >= 15 is 0 Å². The van der Waals surface area contributed by atoms with Crippen LogP contribution in [0.15, 0.2) is 97.1 Å². The molecule has 0 unspecified atom stereocenters. The fourth-order valence-electron chi connectivity index (χ4n) is 6.61. The number of alkyl halides is 6. The van der Waals surface area contributed by atoms with E-state index in [9.17, 15) is 53.5 Å². The lowest BCUT2D eigenvalue weighted by molar-refractivity contribution is -0.161. The standard InChI is InChI=1S/2C20H18F5NO2/c2*21-15-7-14(8-16(22)9-15)18(20(23,24)25)10-19(27)26-12-28-11-17(26)6-13-4-2-1-3-5-13/h2*1-5,7-9,17-18H,6,10-12H2/t2*17-,18-/m11/s1. The topological polar surface area (TPSA) is 59.1 Å². The van der Waals surface area contributed by atoms with Gasteiger partial charge in [0.05, 0.1) is 37.1 Å². The van der Waals surface area contributed by atoms with Crippen molar-refractivity contribution in [3.05, 3.63) is 143 Å². The molecule has 6 rings (SSSR count). The van der Waals surface area contributed by atoms with E-state index in [1.165, 1.54) is 9.80 Å². The van der Waals surface area contributed by atoms with E-state index in [4.69, 9.17) is 9.47 Å². The highest BCUT2D eigenvalue weighted by Gasteiger charge is 2.45. The maximum absolute atomic E-state index is 13.5. The van der Waals surface area contributed by atoms with E-state index in [0.717, 1.165) is 11.1 Å². The molecule has 2 aliphatic heterocycles. The molecule has 2 heterocycles. The summed E-state index contributed by atoms with van der Waals surface area (Å²) < 4.78 is 145. The quantitative estimate of drug-likeness (QED) is 0.151. The summed E-state index contributed by atoms with van der Waals surface area (Å²) in [7, 11) is 0. The Morgan fingerprint density at radius 3 is 1.18 bits per heavy atom. The summed E-state index contributed by atoms with van der Waals surface area (Å²) in [5, 5.41) is 0. The second kappa shape index (κ2) is 18.3. The molecule has 2 fully saturated rings. The van der Waals surface area contributed by atoms with Gasteiger partial charge >= 0.3 is 12.4 Å². The van der Waals surface area contributed by atoms with Gasteiger partial charge in [0.25, 0.3) is 0 Å². The van der Waals surface area contributed by atoms with Gasteiger partial charge in [-0.1, -0.05) is 60.7 Å². The molecule has 4 aromatic rings. The zero-order valence-electron chi connectivity index (χ0n) is 29.5. The number of amides is 2. The van der Waals surface area contributed by atoms with Crippen molar-refractivity contribution in [3.63, 3.8) is 0 Å². The number of hydrogen-bond acceptors (Lipinski definition) is 4. The summed E-state index contributed by atoms with van der Waals surface area (Å²) in [5.74, 6) is -10.6. The van der Waals surface area contributed by atoms with E-state index < -0.39 is 95.3 Å². The number of nitrogens with zero attached hydrogens (tertiary/aromatic N) is 2. The third-order valence-corrected chi connectivity index (χ3v) is 9.35. The SMILES string of the molecule is O=C(C[C@H](c1cc(F)cc(F)c1)C(F)(F)F)N1COC[C@H]1Cc1ccccc1.O=C(C[C@H](c1cc(F)cc(F)c1)C(F)(F)F)N1COC[C@H]1Cc1ccccc1. The van der Waals surface area contributed by atoms with Crippen molar-refractivity contribution in [1.82, 2.24) is 9.80 Å². The smallest absolute Gasteiger partial charge is 0.359 e. The first-order chi connectivity index (χ1) is 26.5. The van der Waals surface area contributed by atoms with Crippen LogP contribution in [0.5, 0.6) is 0 Å². The lowest BCUT2D eigenvalue weighted by Crippen LogP contribution is -2.40. The molecular weight excluding hydrogens is 762 g/mol. The molecule has 4 aromatic carbocycles. The normalized spacial score (nSPS) is 18.3. The molecule has 0 aromatic heterocycles. The maximum atomic E-state index is 13.5. The summed E-state index contributed by atoms with van der Waals surface area (Å²) in [6, 6.07) is 21.0. The van der Waals surface area contributed by atoms with Gasteiger partial charge in [0.2, 0.25) is 11.8 Å². The number of benzene rings is 4. The first-order valence-electron chi connectivity index (χ1n) is 17.4. The number of hydrogen-bond donors (Lipinski definition) is 0. The molecule has 2 saturated heterocycles. The highest BCUT2D eigenvalue weighted by atomic mass is 19.4. The summed E-state index contributed by atoms with van der Waals surface area (Å²) in [5.41, 5.74) is 0.627. The highest BCUT2D eigenvalue weighted by Crippen LogP contribution is 2.40. The van der Waals surface area contributed by atoms with Gasteiger partial charge < -0.3 is 19.3 Å². The maximum Gasteiger partial charge on any atom is 0.396 e. The molecule has 2 amide bonds. The Morgan fingerprint density at radius 2 is 0.875 bits per heavy atom. The predicted octanol–water partition coefficient (Wildman–Crippen LogP) is 8.86. The molecule has 16 heteroatoms. The first kappa shape index (κ1) is 42.2. The lowest BCUT2D eigenvalue weighted by atomic mass is 9.93. The molecule has 0 spiro atoms. The molecule has 6 nitrogen and oxygen atoms in total. The fourth-order valence-corrected chi connectivity index (χ4v) is 6.61. The number of carbonyl (C=O) groups excluding carboxylic acids is 2. The zero-order chi connectivity index (χ0) is 40.6. The second-order valence-corrected chi connectivity index (χ2v) is 13.4. The molecule has 300 valence electrons. The van der Waals surface area contributed by atoms with Gasteiger partial charge in [-0.2, -0.15) is 26.3 Å². The summed E-state index contributed by atoms with van der Waals surface area (Å²) in [4.78, 5) is 27.7. The average Bonchev–Trinajstić information content (AvgIpc) is 3.78. The van der Waals surface area contributed by atoms with Gasteiger partial charge in [0.1, 0.15) is 36.7 Å². The molecule has 2 aliphatic rings. The second-order valence-electron chi connectivity index (χ2n) is 13.4. The van der Waals surface area contributed by atoms with Crippen molar-refractivity contribution in [2.24, 2.45) is 0 Å². The van der Waals surface area contributed by atoms with Gasteiger partial charge in [-0.15, -0.1) is 0 Å². The monoisotopic (exact) mass is 798 g/mol. The van der Waals surface area contributed by atoms with Gasteiger partial charge in [-0.25, -0.2) is 17.6 Å². The van der Waals surface area contributed by atoms with Crippen LogP contribution in [0.1, 0.15) is 46.9 Å². The van der Waals surface area contributed by atoms with Crippen molar-refractivity contribution in [3.8, 4) is 0 Å². The molecule has 0 N–H and O–H groups in total. The number of carbonyl (C=O) groups is 2. The van der Waals surface area contributed by atoms with E-state index in [0.29, 0.717) is 49.2 Å².